The van der Waals surface area contributed by atoms with Crippen LogP contribution in [0, 0.1) is 5.92 Å². The predicted molar refractivity (Wildman–Crippen MR) is 82.7 cm³/mol. The molecular weight excluding hydrogens is 248 g/mol. The average Bonchev–Trinajstić information content (AvgIpc) is 2.48. The van der Waals surface area contributed by atoms with Crippen molar-refractivity contribution in [2.75, 3.05) is 19.6 Å². The first kappa shape index (κ1) is 15.0. The zero-order chi connectivity index (χ0) is 14.4. The number of benzene rings is 1. The van der Waals surface area contributed by atoms with Crippen LogP contribution in [0.4, 0.5) is 0 Å². The minimum absolute atomic E-state index is 0.0326. The second-order valence-electron chi connectivity index (χ2n) is 5.91. The molecule has 1 N–H and O–H groups in total. The molecule has 3 heteroatoms. The van der Waals surface area contributed by atoms with E-state index in [-0.39, 0.29) is 5.91 Å². The summed E-state index contributed by atoms with van der Waals surface area (Å²) in [5.74, 6) is 0.904. The van der Waals surface area contributed by atoms with Gasteiger partial charge in [0.2, 0.25) is 0 Å². The van der Waals surface area contributed by atoms with Crippen LogP contribution in [0.25, 0.3) is 0 Å². The van der Waals surface area contributed by atoms with Gasteiger partial charge in [0.15, 0.2) is 0 Å². The Morgan fingerprint density at radius 2 is 1.90 bits per heavy atom. The summed E-state index contributed by atoms with van der Waals surface area (Å²) >= 11 is 0. The molecule has 1 fully saturated rings. The third-order valence-electron chi connectivity index (χ3n) is 4.03. The number of amides is 1. The van der Waals surface area contributed by atoms with Gasteiger partial charge in [-0.15, -0.1) is 0 Å². The smallest absolute Gasteiger partial charge is 0.251 e. The van der Waals surface area contributed by atoms with E-state index in [9.17, 15) is 4.79 Å². The molecule has 0 unspecified atom stereocenters. The van der Waals surface area contributed by atoms with Gasteiger partial charge in [-0.05, 0) is 56.0 Å². The molecule has 20 heavy (non-hydrogen) atoms. The van der Waals surface area contributed by atoms with Crippen molar-refractivity contribution >= 4 is 5.91 Å². The normalized spacial score (nSPS) is 17.1. The van der Waals surface area contributed by atoms with E-state index in [0.29, 0.717) is 0 Å². The highest BCUT2D eigenvalue weighted by Gasteiger charge is 2.15. The van der Waals surface area contributed by atoms with E-state index in [1.807, 2.05) is 12.1 Å². The molecule has 1 aliphatic heterocycles. The highest BCUT2D eigenvalue weighted by Crippen LogP contribution is 2.18. The predicted octanol–water partition coefficient (Wildman–Crippen LogP) is 3.06. The Bertz CT molecular complexity index is 419. The minimum Gasteiger partial charge on any atom is -0.352 e. The fourth-order valence-corrected chi connectivity index (χ4v) is 2.58. The summed E-state index contributed by atoms with van der Waals surface area (Å²) in [5.41, 5.74) is 2.06. The summed E-state index contributed by atoms with van der Waals surface area (Å²) in [6, 6.07) is 8.04. The second kappa shape index (κ2) is 7.44. The number of carbonyl (C=O) groups is 1. The van der Waals surface area contributed by atoms with Crippen LogP contribution in [0.3, 0.4) is 0 Å². The van der Waals surface area contributed by atoms with E-state index >= 15 is 0 Å². The summed E-state index contributed by atoms with van der Waals surface area (Å²) in [7, 11) is 0. The summed E-state index contributed by atoms with van der Waals surface area (Å²) < 4.78 is 0. The number of hydrogen-bond acceptors (Lipinski definition) is 2. The quantitative estimate of drug-likeness (QED) is 0.895. The molecule has 1 aliphatic rings. The Hall–Kier alpha value is -1.35. The molecule has 2 rings (SSSR count). The lowest BCUT2D eigenvalue weighted by Gasteiger charge is -2.30. The molecule has 0 aliphatic carbocycles. The molecule has 1 heterocycles. The van der Waals surface area contributed by atoms with E-state index < -0.39 is 0 Å². The van der Waals surface area contributed by atoms with Crippen LogP contribution >= 0.6 is 0 Å². The standard InChI is InChI=1S/C17H26N2O/c1-3-10-18-17(20)16-6-4-15(5-7-16)13-19-11-8-14(2)9-12-19/h4-7,14H,3,8-13H2,1-2H3,(H,18,20). The van der Waals surface area contributed by atoms with Crippen LogP contribution in [0.15, 0.2) is 24.3 Å². The van der Waals surface area contributed by atoms with Gasteiger partial charge in [-0.1, -0.05) is 26.0 Å². The van der Waals surface area contributed by atoms with Crippen molar-refractivity contribution in [3.05, 3.63) is 35.4 Å². The zero-order valence-corrected chi connectivity index (χ0v) is 12.7. The van der Waals surface area contributed by atoms with E-state index in [4.69, 9.17) is 0 Å². The molecule has 0 bridgehead atoms. The van der Waals surface area contributed by atoms with Crippen molar-refractivity contribution in [3.63, 3.8) is 0 Å². The Balaban J connectivity index is 1.86. The highest BCUT2D eigenvalue weighted by molar-refractivity contribution is 5.94. The van der Waals surface area contributed by atoms with Crippen LogP contribution in [0.1, 0.15) is 49.0 Å². The molecule has 0 radical (unpaired) electrons. The maximum atomic E-state index is 11.8. The lowest BCUT2D eigenvalue weighted by atomic mass is 9.99. The lowest BCUT2D eigenvalue weighted by molar-refractivity contribution is 0.0953. The lowest BCUT2D eigenvalue weighted by Crippen LogP contribution is -2.32. The first-order valence-corrected chi connectivity index (χ1v) is 7.78. The number of likely N-dealkylation sites (tertiary alicyclic amines) is 1. The van der Waals surface area contributed by atoms with Crippen molar-refractivity contribution < 1.29 is 4.79 Å². The van der Waals surface area contributed by atoms with E-state index in [2.05, 4.69) is 36.2 Å². The summed E-state index contributed by atoms with van der Waals surface area (Å²) in [6.45, 7) is 8.53. The molecule has 0 atom stereocenters. The first-order chi connectivity index (χ1) is 9.69. The Kier molecular flexibility index (Phi) is 5.60. The first-order valence-electron chi connectivity index (χ1n) is 7.78. The Morgan fingerprint density at radius 1 is 1.25 bits per heavy atom. The molecule has 0 spiro atoms. The molecule has 1 aromatic carbocycles. The maximum Gasteiger partial charge on any atom is 0.251 e. The summed E-state index contributed by atoms with van der Waals surface area (Å²) in [4.78, 5) is 14.3. The van der Waals surface area contributed by atoms with Crippen LogP contribution in [0.2, 0.25) is 0 Å². The summed E-state index contributed by atoms with van der Waals surface area (Å²) in [6.07, 6.45) is 3.58. The number of rotatable bonds is 5. The second-order valence-corrected chi connectivity index (χ2v) is 5.91. The third kappa shape index (κ3) is 4.34. The van der Waals surface area contributed by atoms with Gasteiger partial charge in [0, 0.05) is 18.7 Å². The number of nitrogens with zero attached hydrogens (tertiary/aromatic N) is 1. The van der Waals surface area contributed by atoms with Crippen molar-refractivity contribution in [2.45, 2.75) is 39.7 Å². The maximum absolute atomic E-state index is 11.8. The van der Waals surface area contributed by atoms with Gasteiger partial charge in [-0.25, -0.2) is 0 Å². The van der Waals surface area contributed by atoms with Gasteiger partial charge in [-0.2, -0.15) is 0 Å². The number of hydrogen-bond donors (Lipinski definition) is 1. The van der Waals surface area contributed by atoms with Crippen LogP contribution in [-0.2, 0) is 6.54 Å². The SMILES string of the molecule is CCCNC(=O)c1ccc(CN2CCC(C)CC2)cc1. The van der Waals surface area contributed by atoms with Gasteiger partial charge in [0.05, 0.1) is 0 Å². The van der Waals surface area contributed by atoms with E-state index in [1.165, 1.54) is 31.5 Å². The van der Waals surface area contributed by atoms with Gasteiger partial charge in [0.1, 0.15) is 0 Å². The molecule has 0 saturated carbocycles. The van der Waals surface area contributed by atoms with E-state index in [0.717, 1.165) is 31.0 Å². The van der Waals surface area contributed by atoms with Crippen molar-refractivity contribution in [2.24, 2.45) is 5.92 Å². The highest BCUT2D eigenvalue weighted by atomic mass is 16.1. The molecule has 3 nitrogen and oxygen atoms in total. The molecule has 0 aromatic heterocycles. The van der Waals surface area contributed by atoms with Gasteiger partial charge in [-0.3, -0.25) is 9.69 Å². The number of carbonyl (C=O) groups excluding carboxylic acids is 1. The Morgan fingerprint density at radius 3 is 2.50 bits per heavy atom. The van der Waals surface area contributed by atoms with Crippen molar-refractivity contribution in [1.29, 1.82) is 0 Å². The molecule has 110 valence electrons. The molecule has 1 amide bonds. The topological polar surface area (TPSA) is 32.3 Å². The number of piperidine rings is 1. The average molecular weight is 274 g/mol. The fraction of sp³-hybridized carbons (Fsp3) is 0.588. The van der Waals surface area contributed by atoms with Gasteiger partial charge >= 0.3 is 0 Å². The Labute approximate surface area is 122 Å². The minimum atomic E-state index is 0.0326. The van der Waals surface area contributed by atoms with Gasteiger partial charge < -0.3 is 5.32 Å². The fourth-order valence-electron chi connectivity index (χ4n) is 2.58. The van der Waals surface area contributed by atoms with Crippen molar-refractivity contribution in [3.8, 4) is 0 Å². The molecule has 1 aromatic rings. The summed E-state index contributed by atoms with van der Waals surface area (Å²) in [5, 5.41) is 2.90. The molecule has 1 saturated heterocycles. The molecular formula is C17H26N2O. The van der Waals surface area contributed by atoms with Crippen LogP contribution in [-0.4, -0.2) is 30.4 Å². The number of nitrogens with one attached hydrogen (secondary N) is 1. The monoisotopic (exact) mass is 274 g/mol. The van der Waals surface area contributed by atoms with Crippen LogP contribution < -0.4 is 5.32 Å². The largest absolute Gasteiger partial charge is 0.352 e. The van der Waals surface area contributed by atoms with Crippen LogP contribution in [0.5, 0.6) is 0 Å². The zero-order valence-electron chi connectivity index (χ0n) is 12.7. The van der Waals surface area contributed by atoms with E-state index in [1.54, 1.807) is 0 Å². The third-order valence-corrected chi connectivity index (χ3v) is 4.03. The van der Waals surface area contributed by atoms with Gasteiger partial charge in [0.25, 0.3) is 5.91 Å². The van der Waals surface area contributed by atoms with Crippen molar-refractivity contribution in [1.82, 2.24) is 10.2 Å².